The number of anilines is 1. The maximum absolute atomic E-state index is 14.0. The number of hydrogen-bond acceptors (Lipinski definition) is 4. The minimum Gasteiger partial charge on any atom is -0.467 e. The zero-order chi connectivity index (χ0) is 20.2. The van der Waals surface area contributed by atoms with Gasteiger partial charge >= 0.3 is 0 Å². The van der Waals surface area contributed by atoms with Gasteiger partial charge in [-0.25, -0.2) is 4.39 Å². The highest BCUT2D eigenvalue weighted by Crippen LogP contribution is 2.31. The van der Waals surface area contributed by atoms with Gasteiger partial charge in [0.2, 0.25) is 0 Å². The molecule has 6 nitrogen and oxygen atoms in total. The predicted molar refractivity (Wildman–Crippen MR) is 104 cm³/mol. The average Bonchev–Trinajstić information content (AvgIpc) is 3.49. The Morgan fingerprint density at radius 1 is 1.03 bits per heavy atom. The van der Waals surface area contributed by atoms with Crippen molar-refractivity contribution < 1.29 is 22.8 Å². The van der Waals surface area contributed by atoms with Gasteiger partial charge in [0.25, 0.3) is 11.8 Å². The number of benzene rings is 1. The predicted octanol–water partition coefficient (Wildman–Crippen LogP) is 4.46. The molecule has 0 spiro atoms. The van der Waals surface area contributed by atoms with Crippen molar-refractivity contribution in [3.05, 3.63) is 78.4 Å². The lowest BCUT2D eigenvalue weighted by atomic mass is 10.1. The maximum atomic E-state index is 14.0. The van der Waals surface area contributed by atoms with E-state index in [1.807, 2.05) is 0 Å². The van der Waals surface area contributed by atoms with Crippen LogP contribution in [0.25, 0.3) is 0 Å². The first-order chi connectivity index (χ1) is 14.1. The van der Waals surface area contributed by atoms with Crippen molar-refractivity contribution in [2.24, 2.45) is 0 Å². The van der Waals surface area contributed by atoms with Crippen LogP contribution in [0, 0.1) is 5.82 Å². The lowest BCUT2D eigenvalue weighted by molar-refractivity contribution is -0.123. The Morgan fingerprint density at radius 2 is 1.79 bits per heavy atom. The molecule has 1 aliphatic rings. The molecule has 0 bridgehead atoms. The van der Waals surface area contributed by atoms with Gasteiger partial charge in [0.05, 0.1) is 12.5 Å². The van der Waals surface area contributed by atoms with E-state index in [-0.39, 0.29) is 29.2 Å². The molecule has 29 heavy (non-hydrogen) atoms. The van der Waals surface area contributed by atoms with E-state index in [2.05, 4.69) is 5.32 Å². The first-order valence-electron chi connectivity index (χ1n) is 9.60. The van der Waals surface area contributed by atoms with E-state index in [1.165, 1.54) is 41.7 Å². The fraction of sp³-hybridized carbons (Fsp3) is 0.273. The summed E-state index contributed by atoms with van der Waals surface area (Å²) in [5, 5.41) is 3.02. The van der Waals surface area contributed by atoms with Crippen molar-refractivity contribution in [2.75, 3.05) is 4.90 Å². The van der Waals surface area contributed by atoms with E-state index in [0.717, 1.165) is 25.7 Å². The lowest BCUT2D eigenvalue weighted by Crippen LogP contribution is -2.46. The molecule has 1 fully saturated rings. The molecule has 150 valence electrons. The van der Waals surface area contributed by atoms with Gasteiger partial charge in [-0.05, 0) is 55.3 Å². The zero-order valence-electron chi connectivity index (χ0n) is 15.7. The third kappa shape index (κ3) is 4.08. The molecule has 1 saturated carbocycles. The summed E-state index contributed by atoms with van der Waals surface area (Å²) in [6.45, 7) is 0. The van der Waals surface area contributed by atoms with Gasteiger partial charge in [-0.2, -0.15) is 0 Å². The van der Waals surface area contributed by atoms with Gasteiger partial charge in [0.15, 0.2) is 11.8 Å². The molecule has 2 amide bonds. The first-order valence-corrected chi connectivity index (χ1v) is 9.60. The monoisotopic (exact) mass is 396 g/mol. The highest BCUT2D eigenvalue weighted by Gasteiger charge is 2.37. The van der Waals surface area contributed by atoms with Crippen LogP contribution in [0.2, 0.25) is 0 Å². The van der Waals surface area contributed by atoms with Crippen molar-refractivity contribution in [1.82, 2.24) is 5.32 Å². The maximum Gasteiger partial charge on any atom is 0.295 e. The molecular formula is C22H21FN2O4. The molecule has 1 aliphatic carbocycles. The summed E-state index contributed by atoms with van der Waals surface area (Å²) in [5.41, 5.74) is 0.231. The fourth-order valence-corrected chi connectivity index (χ4v) is 3.70. The molecule has 1 unspecified atom stereocenters. The molecule has 3 aromatic rings. The van der Waals surface area contributed by atoms with Gasteiger partial charge < -0.3 is 14.2 Å². The van der Waals surface area contributed by atoms with Crippen molar-refractivity contribution in [3.8, 4) is 0 Å². The number of carbonyl (C=O) groups is 2. The molecule has 7 heteroatoms. The highest BCUT2D eigenvalue weighted by molar-refractivity contribution is 6.08. The standard InChI is InChI=1S/C22H21FN2O4/c23-15-6-3-9-17(14-15)25(22(27)19-11-5-13-29-19)20(18-10-4-12-28-18)21(26)24-16-7-1-2-8-16/h3-6,9-14,16,20H,1-2,7-8H2,(H,24,26). The SMILES string of the molecule is O=C(NC1CCCC1)C(c1ccco1)N(C(=O)c1ccco1)c1cccc(F)c1. The molecule has 1 N–H and O–H groups in total. The van der Waals surface area contributed by atoms with Crippen LogP contribution in [0.4, 0.5) is 10.1 Å². The minimum atomic E-state index is -1.11. The van der Waals surface area contributed by atoms with E-state index in [1.54, 1.807) is 24.3 Å². The molecule has 0 aliphatic heterocycles. The van der Waals surface area contributed by atoms with Gasteiger partial charge in [0.1, 0.15) is 11.6 Å². The van der Waals surface area contributed by atoms with Crippen LogP contribution < -0.4 is 10.2 Å². The summed E-state index contributed by atoms with van der Waals surface area (Å²) in [6.07, 6.45) is 6.69. The van der Waals surface area contributed by atoms with Crippen LogP contribution in [-0.4, -0.2) is 17.9 Å². The normalized spacial score (nSPS) is 15.2. The van der Waals surface area contributed by atoms with Crippen LogP contribution in [0.3, 0.4) is 0 Å². The van der Waals surface area contributed by atoms with E-state index in [9.17, 15) is 14.0 Å². The van der Waals surface area contributed by atoms with Crippen LogP contribution in [-0.2, 0) is 4.79 Å². The molecule has 0 radical (unpaired) electrons. The molecule has 1 aromatic carbocycles. The van der Waals surface area contributed by atoms with Gasteiger partial charge in [-0.15, -0.1) is 0 Å². The third-order valence-corrected chi connectivity index (χ3v) is 5.06. The number of amides is 2. The molecule has 0 saturated heterocycles. The summed E-state index contributed by atoms with van der Waals surface area (Å²) >= 11 is 0. The third-order valence-electron chi connectivity index (χ3n) is 5.06. The van der Waals surface area contributed by atoms with E-state index < -0.39 is 17.8 Å². The van der Waals surface area contributed by atoms with Crippen molar-refractivity contribution in [2.45, 2.75) is 37.8 Å². The smallest absolute Gasteiger partial charge is 0.295 e. The van der Waals surface area contributed by atoms with Crippen molar-refractivity contribution in [1.29, 1.82) is 0 Å². The summed E-state index contributed by atoms with van der Waals surface area (Å²) in [7, 11) is 0. The second-order valence-corrected chi connectivity index (χ2v) is 7.04. The zero-order valence-corrected chi connectivity index (χ0v) is 15.7. The Bertz CT molecular complexity index is 963. The quantitative estimate of drug-likeness (QED) is 0.668. The summed E-state index contributed by atoms with van der Waals surface area (Å²) in [4.78, 5) is 27.8. The largest absolute Gasteiger partial charge is 0.467 e. The molecule has 2 aromatic heterocycles. The Morgan fingerprint density at radius 3 is 2.45 bits per heavy atom. The molecule has 2 heterocycles. The summed E-state index contributed by atoms with van der Waals surface area (Å²) < 4.78 is 24.7. The van der Waals surface area contributed by atoms with E-state index in [0.29, 0.717) is 0 Å². The summed E-state index contributed by atoms with van der Waals surface area (Å²) in [5.74, 6) is -1.14. The Hall–Kier alpha value is -3.35. The summed E-state index contributed by atoms with van der Waals surface area (Å²) in [6, 6.07) is 10.8. The Balaban J connectivity index is 1.77. The number of rotatable bonds is 6. The second-order valence-electron chi connectivity index (χ2n) is 7.04. The number of nitrogens with zero attached hydrogens (tertiary/aromatic N) is 1. The Kier molecular flexibility index (Phi) is 5.46. The second kappa shape index (κ2) is 8.34. The van der Waals surface area contributed by atoms with Crippen LogP contribution in [0.15, 0.2) is 69.9 Å². The first kappa shape index (κ1) is 19.0. The van der Waals surface area contributed by atoms with Crippen LogP contribution in [0.5, 0.6) is 0 Å². The van der Waals surface area contributed by atoms with E-state index in [4.69, 9.17) is 8.83 Å². The van der Waals surface area contributed by atoms with Gasteiger partial charge in [-0.3, -0.25) is 14.5 Å². The minimum absolute atomic E-state index is 0.0412. The van der Waals surface area contributed by atoms with Crippen LogP contribution >= 0.6 is 0 Å². The average molecular weight is 396 g/mol. The molecule has 4 rings (SSSR count). The van der Waals surface area contributed by atoms with Gasteiger partial charge in [0, 0.05) is 11.7 Å². The topological polar surface area (TPSA) is 75.7 Å². The number of carbonyl (C=O) groups excluding carboxylic acids is 2. The number of hydrogen-bond donors (Lipinski definition) is 1. The van der Waals surface area contributed by atoms with E-state index >= 15 is 0 Å². The highest BCUT2D eigenvalue weighted by atomic mass is 19.1. The molecule has 1 atom stereocenters. The Labute approximate surface area is 167 Å². The van der Waals surface area contributed by atoms with Gasteiger partial charge in [-0.1, -0.05) is 18.9 Å². The van der Waals surface area contributed by atoms with Crippen molar-refractivity contribution in [3.63, 3.8) is 0 Å². The fourth-order valence-electron chi connectivity index (χ4n) is 3.70. The number of furan rings is 2. The van der Waals surface area contributed by atoms with Crippen molar-refractivity contribution >= 4 is 17.5 Å². The number of nitrogens with one attached hydrogen (secondary N) is 1. The lowest BCUT2D eigenvalue weighted by Gasteiger charge is -2.30. The molecular weight excluding hydrogens is 375 g/mol. The van der Waals surface area contributed by atoms with Crippen LogP contribution in [0.1, 0.15) is 48.0 Å². The number of halogens is 1.